The van der Waals surface area contributed by atoms with E-state index >= 15 is 0 Å². The summed E-state index contributed by atoms with van der Waals surface area (Å²) in [5.41, 5.74) is 1.68. The zero-order valence-electron chi connectivity index (χ0n) is 6.57. The Kier molecular flexibility index (Phi) is 1.66. The van der Waals surface area contributed by atoms with E-state index in [1.807, 2.05) is 25.1 Å². The zero-order valence-corrected chi connectivity index (χ0v) is 7.39. The summed E-state index contributed by atoms with van der Waals surface area (Å²) < 4.78 is 5.13. The number of benzene rings is 1. The van der Waals surface area contributed by atoms with Gasteiger partial charge in [-0.2, -0.15) is 4.37 Å². The van der Waals surface area contributed by atoms with Crippen LogP contribution in [-0.2, 0) is 0 Å². The van der Waals surface area contributed by atoms with E-state index < -0.39 is 0 Å². The number of nitrogens with zero attached hydrogens (tertiary/aromatic N) is 1. The molecule has 0 fully saturated rings. The van der Waals surface area contributed by atoms with Gasteiger partial charge in [-0.3, -0.25) is 4.79 Å². The van der Waals surface area contributed by atoms with Crippen molar-refractivity contribution in [2.45, 2.75) is 6.92 Å². The Balaban J connectivity index is 2.91. The van der Waals surface area contributed by atoms with E-state index in [2.05, 4.69) is 4.37 Å². The second-order valence-electron chi connectivity index (χ2n) is 2.63. The molecule has 1 heterocycles. The zero-order chi connectivity index (χ0) is 8.55. The van der Waals surface area contributed by atoms with Crippen LogP contribution in [0.25, 0.3) is 10.1 Å². The van der Waals surface area contributed by atoms with Crippen LogP contribution in [-0.4, -0.2) is 10.7 Å². The van der Waals surface area contributed by atoms with Crippen LogP contribution in [0.3, 0.4) is 0 Å². The Morgan fingerprint density at radius 1 is 1.50 bits per heavy atom. The first kappa shape index (κ1) is 7.43. The van der Waals surface area contributed by atoms with Crippen LogP contribution < -0.4 is 0 Å². The standard InChI is InChI=1S/C9H7NOS/c1-6-3-2-4-8-9(6)7(5-11)10-12-8/h2-5H,1H3. The fourth-order valence-electron chi connectivity index (χ4n) is 1.27. The number of hydrogen-bond donors (Lipinski definition) is 0. The van der Waals surface area contributed by atoms with Crippen molar-refractivity contribution in [1.82, 2.24) is 4.37 Å². The molecule has 0 spiro atoms. The molecule has 0 aliphatic heterocycles. The first-order valence-corrected chi connectivity index (χ1v) is 4.40. The second kappa shape index (κ2) is 2.68. The van der Waals surface area contributed by atoms with Crippen molar-refractivity contribution in [3.8, 4) is 0 Å². The summed E-state index contributed by atoms with van der Waals surface area (Å²) in [7, 11) is 0. The average molecular weight is 177 g/mol. The predicted molar refractivity (Wildman–Crippen MR) is 49.7 cm³/mol. The minimum absolute atomic E-state index is 0.563. The highest BCUT2D eigenvalue weighted by Gasteiger charge is 2.05. The molecule has 0 N–H and O–H groups in total. The first-order chi connectivity index (χ1) is 5.83. The van der Waals surface area contributed by atoms with Crippen LogP contribution in [0.5, 0.6) is 0 Å². The van der Waals surface area contributed by atoms with E-state index in [-0.39, 0.29) is 0 Å². The summed E-state index contributed by atoms with van der Waals surface area (Å²) >= 11 is 1.37. The maximum absolute atomic E-state index is 10.6. The molecule has 0 amide bonds. The SMILES string of the molecule is Cc1cccc2snc(C=O)c12. The van der Waals surface area contributed by atoms with E-state index in [1.54, 1.807) is 0 Å². The van der Waals surface area contributed by atoms with E-state index in [4.69, 9.17) is 0 Å². The van der Waals surface area contributed by atoms with Gasteiger partial charge in [0, 0.05) is 5.39 Å². The van der Waals surface area contributed by atoms with Crippen LogP contribution >= 0.6 is 11.5 Å². The summed E-state index contributed by atoms with van der Waals surface area (Å²) in [5.74, 6) is 0. The smallest absolute Gasteiger partial charge is 0.170 e. The van der Waals surface area contributed by atoms with Crippen molar-refractivity contribution in [3.63, 3.8) is 0 Å². The van der Waals surface area contributed by atoms with Gasteiger partial charge in [0.2, 0.25) is 0 Å². The summed E-state index contributed by atoms with van der Waals surface area (Å²) in [6.45, 7) is 1.99. The molecule has 0 radical (unpaired) electrons. The van der Waals surface area contributed by atoms with Gasteiger partial charge in [-0.05, 0) is 30.1 Å². The van der Waals surface area contributed by atoms with Crippen molar-refractivity contribution >= 4 is 27.9 Å². The van der Waals surface area contributed by atoms with Gasteiger partial charge < -0.3 is 0 Å². The molecule has 0 aliphatic carbocycles. The molecular weight excluding hydrogens is 170 g/mol. The lowest BCUT2D eigenvalue weighted by molar-refractivity contribution is 0.112. The number of rotatable bonds is 1. The van der Waals surface area contributed by atoms with Gasteiger partial charge in [-0.1, -0.05) is 12.1 Å². The molecule has 2 nitrogen and oxygen atoms in total. The van der Waals surface area contributed by atoms with E-state index in [0.29, 0.717) is 5.69 Å². The maximum atomic E-state index is 10.6. The Morgan fingerprint density at radius 2 is 2.33 bits per heavy atom. The molecule has 0 bridgehead atoms. The third-order valence-electron chi connectivity index (χ3n) is 1.84. The molecule has 2 rings (SSSR count). The molecule has 0 atom stereocenters. The molecule has 0 aliphatic rings. The molecule has 3 heteroatoms. The number of aryl methyl sites for hydroxylation is 1. The van der Waals surface area contributed by atoms with Gasteiger partial charge in [0.25, 0.3) is 0 Å². The average Bonchev–Trinajstić information content (AvgIpc) is 2.49. The highest BCUT2D eigenvalue weighted by atomic mass is 32.1. The van der Waals surface area contributed by atoms with Crippen molar-refractivity contribution < 1.29 is 4.79 Å². The molecular formula is C9H7NOS. The molecule has 12 heavy (non-hydrogen) atoms. The van der Waals surface area contributed by atoms with Crippen LogP contribution in [0.1, 0.15) is 16.1 Å². The summed E-state index contributed by atoms with van der Waals surface area (Å²) in [5, 5.41) is 0.998. The first-order valence-electron chi connectivity index (χ1n) is 3.63. The number of fused-ring (bicyclic) bond motifs is 1. The number of carbonyl (C=O) groups excluding carboxylic acids is 1. The largest absolute Gasteiger partial charge is 0.296 e. The fraction of sp³-hybridized carbons (Fsp3) is 0.111. The number of carbonyl (C=O) groups is 1. The second-order valence-corrected chi connectivity index (χ2v) is 3.44. The van der Waals surface area contributed by atoms with Gasteiger partial charge in [-0.15, -0.1) is 0 Å². The maximum Gasteiger partial charge on any atom is 0.170 e. The lowest BCUT2D eigenvalue weighted by atomic mass is 10.1. The van der Waals surface area contributed by atoms with Gasteiger partial charge in [0.15, 0.2) is 6.29 Å². The van der Waals surface area contributed by atoms with Crippen LogP contribution in [0, 0.1) is 6.92 Å². The Bertz CT molecular complexity index is 433. The van der Waals surface area contributed by atoms with Crippen LogP contribution in [0.2, 0.25) is 0 Å². The minimum Gasteiger partial charge on any atom is -0.296 e. The quantitative estimate of drug-likeness (QED) is 0.626. The monoisotopic (exact) mass is 177 g/mol. The van der Waals surface area contributed by atoms with Crippen LogP contribution in [0.15, 0.2) is 18.2 Å². The van der Waals surface area contributed by atoms with E-state index in [1.165, 1.54) is 11.5 Å². The Hall–Kier alpha value is -1.22. The lowest BCUT2D eigenvalue weighted by Crippen LogP contribution is -1.81. The third-order valence-corrected chi connectivity index (χ3v) is 2.67. The minimum atomic E-state index is 0.563. The van der Waals surface area contributed by atoms with Gasteiger partial charge in [0.05, 0.1) is 4.70 Å². The molecule has 2 aromatic rings. The molecule has 1 aromatic heterocycles. The van der Waals surface area contributed by atoms with Gasteiger partial charge in [0.1, 0.15) is 5.69 Å². The van der Waals surface area contributed by atoms with E-state index in [0.717, 1.165) is 21.9 Å². The lowest BCUT2D eigenvalue weighted by Gasteiger charge is -1.93. The molecule has 0 saturated carbocycles. The van der Waals surface area contributed by atoms with Gasteiger partial charge in [-0.25, -0.2) is 0 Å². The Morgan fingerprint density at radius 3 is 3.08 bits per heavy atom. The van der Waals surface area contributed by atoms with Crippen molar-refractivity contribution in [3.05, 3.63) is 29.5 Å². The molecule has 60 valence electrons. The number of hydrogen-bond acceptors (Lipinski definition) is 3. The summed E-state index contributed by atoms with van der Waals surface area (Å²) in [6, 6.07) is 5.95. The van der Waals surface area contributed by atoms with Crippen molar-refractivity contribution in [1.29, 1.82) is 0 Å². The fourth-order valence-corrected chi connectivity index (χ4v) is 2.10. The molecule has 0 saturated heterocycles. The highest BCUT2D eigenvalue weighted by molar-refractivity contribution is 7.13. The summed E-state index contributed by atoms with van der Waals surface area (Å²) in [4.78, 5) is 10.6. The van der Waals surface area contributed by atoms with E-state index in [9.17, 15) is 4.79 Å². The van der Waals surface area contributed by atoms with Crippen molar-refractivity contribution in [2.75, 3.05) is 0 Å². The van der Waals surface area contributed by atoms with Crippen molar-refractivity contribution in [2.24, 2.45) is 0 Å². The summed E-state index contributed by atoms with van der Waals surface area (Å²) in [6.07, 6.45) is 0.811. The number of aldehydes is 1. The topological polar surface area (TPSA) is 30.0 Å². The third kappa shape index (κ3) is 0.940. The highest BCUT2D eigenvalue weighted by Crippen LogP contribution is 2.24. The number of aromatic nitrogens is 1. The normalized spacial score (nSPS) is 10.4. The molecule has 1 aromatic carbocycles. The Labute approximate surface area is 74.0 Å². The predicted octanol–water partition coefficient (Wildman–Crippen LogP) is 2.42. The molecule has 0 unspecified atom stereocenters. The van der Waals surface area contributed by atoms with Gasteiger partial charge >= 0.3 is 0 Å². The van der Waals surface area contributed by atoms with Crippen LogP contribution in [0.4, 0.5) is 0 Å².